The number of hydrogen-bond donors (Lipinski definition) is 0. The van der Waals surface area contributed by atoms with E-state index in [0.717, 1.165) is 39.9 Å². The van der Waals surface area contributed by atoms with E-state index in [-0.39, 0.29) is 6.04 Å². The highest BCUT2D eigenvalue weighted by molar-refractivity contribution is 7.10. The van der Waals surface area contributed by atoms with Crippen LogP contribution in [0.15, 0.2) is 95.4 Å². The van der Waals surface area contributed by atoms with Crippen molar-refractivity contribution >= 4 is 45.5 Å². The molecule has 4 nitrogen and oxygen atoms in total. The zero-order valence-electron chi connectivity index (χ0n) is 20.1. The van der Waals surface area contributed by atoms with Gasteiger partial charge in [-0.3, -0.25) is 0 Å². The lowest BCUT2D eigenvalue weighted by Gasteiger charge is -2.21. The molecular weight excluding hydrogens is 484 g/mol. The predicted octanol–water partition coefficient (Wildman–Crippen LogP) is 8.49. The van der Waals surface area contributed by atoms with Gasteiger partial charge in [0.25, 0.3) is 0 Å². The maximum Gasteiger partial charge on any atom is 0.247 e. The van der Waals surface area contributed by atoms with Crippen LogP contribution < -0.4 is 5.01 Å². The SMILES string of the molecule is CC(C)c1ccc(C2=NN(c3nc(-c4ccccc4)c4cc(Cl)ccc4n3)[C@@H](c3cccs3)C2)cc1. The highest BCUT2D eigenvalue weighted by atomic mass is 35.5. The molecule has 0 radical (unpaired) electrons. The maximum atomic E-state index is 6.37. The lowest BCUT2D eigenvalue weighted by atomic mass is 9.98. The first-order valence-corrected chi connectivity index (χ1v) is 13.4. The summed E-state index contributed by atoms with van der Waals surface area (Å²) in [6.45, 7) is 4.43. The molecule has 1 aliphatic rings. The maximum absolute atomic E-state index is 6.37. The van der Waals surface area contributed by atoms with Gasteiger partial charge in [0.15, 0.2) is 0 Å². The molecule has 3 heterocycles. The van der Waals surface area contributed by atoms with Crippen molar-refractivity contribution in [1.82, 2.24) is 9.97 Å². The summed E-state index contributed by atoms with van der Waals surface area (Å²) in [5.74, 6) is 1.09. The van der Waals surface area contributed by atoms with Gasteiger partial charge < -0.3 is 0 Å². The summed E-state index contributed by atoms with van der Waals surface area (Å²) in [5, 5.41) is 10.8. The minimum Gasteiger partial charge on any atom is -0.223 e. The molecule has 6 heteroatoms. The fraction of sp³-hybridized carbons (Fsp3) is 0.167. The normalized spacial score (nSPS) is 15.6. The quantitative estimate of drug-likeness (QED) is 0.239. The van der Waals surface area contributed by atoms with Gasteiger partial charge in [-0.25, -0.2) is 15.0 Å². The van der Waals surface area contributed by atoms with Crippen molar-refractivity contribution in [1.29, 1.82) is 0 Å². The first-order chi connectivity index (χ1) is 17.6. The Morgan fingerprint density at radius 1 is 0.889 bits per heavy atom. The number of hydrazone groups is 1. The van der Waals surface area contributed by atoms with Gasteiger partial charge in [-0.2, -0.15) is 5.10 Å². The second-order valence-electron chi connectivity index (χ2n) is 9.30. The van der Waals surface area contributed by atoms with E-state index >= 15 is 0 Å². The van der Waals surface area contributed by atoms with Crippen molar-refractivity contribution in [3.63, 3.8) is 0 Å². The summed E-state index contributed by atoms with van der Waals surface area (Å²) in [4.78, 5) is 11.3. The average Bonchev–Trinajstić information content (AvgIpc) is 3.59. The van der Waals surface area contributed by atoms with Crippen LogP contribution in [0.25, 0.3) is 22.2 Å². The zero-order chi connectivity index (χ0) is 24.6. The molecule has 0 spiro atoms. The molecule has 178 valence electrons. The van der Waals surface area contributed by atoms with E-state index in [1.54, 1.807) is 11.3 Å². The van der Waals surface area contributed by atoms with Crippen LogP contribution in [-0.4, -0.2) is 15.7 Å². The summed E-state index contributed by atoms with van der Waals surface area (Å²) >= 11 is 8.11. The molecule has 0 bridgehead atoms. The van der Waals surface area contributed by atoms with Crippen LogP contribution in [0.2, 0.25) is 5.02 Å². The number of rotatable bonds is 5. The Labute approximate surface area is 219 Å². The van der Waals surface area contributed by atoms with Gasteiger partial charge in [-0.1, -0.05) is 86.1 Å². The van der Waals surface area contributed by atoms with E-state index in [1.807, 2.05) is 41.4 Å². The van der Waals surface area contributed by atoms with E-state index in [2.05, 4.69) is 67.8 Å². The third-order valence-electron chi connectivity index (χ3n) is 6.59. The second kappa shape index (κ2) is 9.49. The van der Waals surface area contributed by atoms with Gasteiger partial charge in [-0.15, -0.1) is 11.3 Å². The van der Waals surface area contributed by atoms with Crippen molar-refractivity contribution in [2.45, 2.75) is 32.2 Å². The highest BCUT2D eigenvalue weighted by Crippen LogP contribution is 2.39. The molecular formula is C30H25ClN4S. The predicted molar refractivity (Wildman–Crippen MR) is 151 cm³/mol. The number of thiophene rings is 1. The first kappa shape index (κ1) is 22.9. The van der Waals surface area contributed by atoms with Crippen LogP contribution in [0.3, 0.4) is 0 Å². The number of hydrogen-bond acceptors (Lipinski definition) is 5. The fourth-order valence-corrected chi connectivity index (χ4v) is 5.62. The van der Waals surface area contributed by atoms with Gasteiger partial charge in [0.2, 0.25) is 5.95 Å². The number of halogens is 1. The number of benzene rings is 3. The molecule has 0 unspecified atom stereocenters. The zero-order valence-corrected chi connectivity index (χ0v) is 21.7. The van der Waals surface area contributed by atoms with Gasteiger partial charge in [-0.05, 0) is 46.7 Å². The van der Waals surface area contributed by atoms with Crippen LogP contribution in [0, 0.1) is 0 Å². The van der Waals surface area contributed by atoms with Crippen molar-refractivity contribution in [2.24, 2.45) is 5.10 Å². The monoisotopic (exact) mass is 508 g/mol. The van der Waals surface area contributed by atoms with Gasteiger partial charge in [0, 0.05) is 27.3 Å². The number of fused-ring (bicyclic) bond motifs is 1. The molecule has 3 aromatic carbocycles. The first-order valence-electron chi connectivity index (χ1n) is 12.1. The second-order valence-corrected chi connectivity index (χ2v) is 10.7. The van der Waals surface area contributed by atoms with Crippen molar-refractivity contribution in [3.8, 4) is 11.3 Å². The van der Waals surface area contributed by atoms with Crippen LogP contribution in [-0.2, 0) is 0 Å². The number of nitrogens with zero attached hydrogens (tertiary/aromatic N) is 4. The highest BCUT2D eigenvalue weighted by Gasteiger charge is 2.33. The van der Waals surface area contributed by atoms with E-state index in [1.165, 1.54) is 10.4 Å². The Balaban J connectivity index is 1.50. The summed E-state index contributed by atoms with van der Waals surface area (Å²) < 4.78 is 0. The van der Waals surface area contributed by atoms with Crippen LogP contribution in [0.5, 0.6) is 0 Å². The van der Waals surface area contributed by atoms with Crippen LogP contribution in [0.4, 0.5) is 5.95 Å². The molecule has 5 aromatic rings. The summed E-state index contributed by atoms with van der Waals surface area (Å²) in [5.41, 5.74) is 6.23. The smallest absolute Gasteiger partial charge is 0.223 e. The topological polar surface area (TPSA) is 41.4 Å². The van der Waals surface area contributed by atoms with Gasteiger partial charge in [0.05, 0.1) is 23.0 Å². The summed E-state index contributed by atoms with van der Waals surface area (Å²) in [7, 11) is 0. The lowest BCUT2D eigenvalue weighted by molar-refractivity contribution is 0.700. The Morgan fingerprint density at radius 2 is 1.69 bits per heavy atom. The van der Waals surface area contributed by atoms with E-state index in [9.17, 15) is 0 Å². The third-order valence-corrected chi connectivity index (χ3v) is 7.80. The average molecular weight is 509 g/mol. The summed E-state index contributed by atoms with van der Waals surface area (Å²) in [6, 6.07) is 29.0. The molecule has 0 aliphatic carbocycles. The van der Waals surface area contributed by atoms with E-state index in [0.29, 0.717) is 16.9 Å². The molecule has 36 heavy (non-hydrogen) atoms. The van der Waals surface area contributed by atoms with Crippen LogP contribution in [0.1, 0.15) is 48.2 Å². The Morgan fingerprint density at radius 3 is 2.42 bits per heavy atom. The number of aromatic nitrogens is 2. The minimum absolute atomic E-state index is 0.0400. The van der Waals surface area contributed by atoms with Crippen molar-refractivity contribution in [3.05, 3.63) is 111 Å². The molecule has 0 saturated carbocycles. The van der Waals surface area contributed by atoms with Gasteiger partial charge >= 0.3 is 0 Å². The largest absolute Gasteiger partial charge is 0.247 e. The minimum atomic E-state index is 0.0400. The van der Waals surface area contributed by atoms with Crippen molar-refractivity contribution in [2.75, 3.05) is 5.01 Å². The molecule has 1 aliphatic heterocycles. The molecule has 6 rings (SSSR count). The standard InChI is InChI=1S/C30H25ClN4S/c1-19(2)20-10-12-21(13-11-20)26-18-27(28-9-6-16-36-28)35(34-26)30-32-25-15-14-23(31)17-24(25)29(33-30)22-7-4-3-5-8-22/h3-17,19,27H,18H2,1-2H3/t27-/m1/s1. The molecule has 1 atom stereocenters. The van der Waals surface area contributed by atoms with Crippen LogP contribution >= 0.6 is 22.9 Å². The van der Waals surface area contributed by atoms with E-state index in [4.69, 9.17) is 26.7 Å². The lowest BCUT2D eigenvalue weighted by Crippen LogP contribution is -2.20. The molecule has 0 fully saturated rings. The third kappa shape index (κ3) is 4.29. The Hall–Kier alpha value is -3.54. The Kier molecular flexibility index (Phi) is 6.04. The number of anilines is 1. The van der Waals surface area contributed by atoms with Gasteiger partial charge in [0.1, 0.15) is 0 Å². The summed E-state index contributed by atoms with van der Waals surface area (Å²) in [6.07, 6.45) is 0.796. The molecule has 0 amide bonds. The van der Waals surface area contributed by atoms with E-state index < -0.39 is 0 Å². The van der Waals surface area contributed by atoms with Crippen molar-refractivity contribution < 1.29 is 0 Å². The molecule has 2 aromatic heterocycles. The Bertz CT molecular complexity index is 1540. The molecule has 0 saturated heterocycles. The molecule has 0 N–H and O–H groups in total. The fourth-order valence-electron chi connectivity index (χ4n) is 4.64.